The predicted molar refractivity (Wildman–Crippen MR) is 101 cm³/mol. The first-order valence-corrected chi connectivity index (χ1v) is 10.7. The van der Waals surface area contributed by atoms with Gasteiger partial charge in [-0.1, -0.05) is 18.2 Å². The van der Waals surface area contributed by atoms with Gasteiger partial charge in [-0.25, -0.2) is 8.42 Å². The van der Waals surface area contributed by atoms with E-state index < -0.39 is 15.6 Å². The van der Waals surface area contributed by atoms with Crippen molar-refractivity contribution < 1.29 is 13.2 Å². The average Bonchev–Trinajstić information content (AvgIpc) is 3.15. The van der Waals surface area contributed by atoms with Gasteiger partial charge in [0.1, 0.15) is 5.54 Å². The van der Waals surface area contributed by atoms with E-state index in [1.807, 2.05) is 23.2 Å². The zero-order chi connectivity index (χ0) is 19.1. The number of piperidine rings is 1. The Hall–Kier alpha value is -2.19. The molecular weight excluding hydrogens is 364 g/mol. The van der Waals surface area contributed by atoms with Gasteiger partial charge in [0.2, 0.25) is 10.0 Å². The number of amides is 1. The van der Waals surface area contributed by atoms with Crippen LogP contribution in [0.2, 0.25) is 0 Å². The number of benzene rings is 1. The first-order valence-electron chi connectivity index (χ1n) is 9.30. The third-order valence-electron chi connectivity index (χ3n) is 5.75. The van der Waals surface area contributed by atoms with Gasteiger partial charge in [-0.3, -0.25) is 9.48 Å². The summed E-state index contributed by atoms with van der Waals surface area (Å²) in [6.07, 6.45) is 5.35. The lowest BCUT2D eigenvalue weighted by Gasteiger charge is -2.45. The number of rotatable bonds is 4. The molecule has 0 atom stereocenters. The van der Waals surface area contributed by atoms with Gasteiger partial charge in [0, 0.05) is 38.6 Å². The van der Waals surface area contributed by atoms with Crippen LogP contribution in [0.4, 0.5) is 0 Å². The summed E-state index contributed by atoms with van der Waals surface area (Å²) < 4.78 is 29.4. The monoisotopic (exact) mass is 388 g/mol. The molecule has 1 aromatic carbocycles. The first-order chi connectivity index (χ1) is 12.9. The van der Waals surface area contributed by atoms with Gasteiger partial charge in [-0.2, -0.15) is 9.40 Å². The number of hydrogen-bond donors (Lipinski definition) is 0. The van der Waals surface area contributed by atoms with Gasteiger partial charge in [0.15, 0.2) is 0 Å². The summed E-state index contributed by atoms with van der Waals surface area (Å²) in [5, 5.41) is 4.33. The molecule has 0 bridgehead atoms. The van der Waals surface area contributed by atoms with Crippen LogP contribution in [0.3, 0.4) is 0 Å². The van der Waals surface area contributed by atoms with Gasteiger partial charge in [-0.05, 0) is 43.9 Å². The Morgan fingerprint density at radius 1 is 1.07 bits per heavy atom. The molecule has 0 radical (unpaired) electrons. The third-order valence-corrected chi connectivity index (χ3v) is 7.80. The number of carbonyl (C=O) groups excluding carboxylic acids is 1. The van der Waals surface area contributed by atoms with Crippen molar-refractivity contribution in [3.63, 3.8) is 0 Å². The van der Waals surface area contributed by atoms with Crippen LogP contribution >= 0.6 is 0 Å². The van der Waals surface area contributed by atoms with Crippen LogP contribution in [0, 0.1) is 6.92 Å². The minimum Gasteiger partial charge on any atom is -0.340 e. The van der Waals surface area contributed by atoms with Gasteiger partial charge in [0.05, 0.1) is 4.90 Å². The number of nitrogens with zero attached hydrogens (tertiary/aromatic N) is 4. The third kappa shape index (κ3) is 2.96. The van der Waals surface area contributed by atoms with Gasteiger partial charge in [0.25, 0.3) is 5.91 Å². The molecule has 0 spiro atoms. The lowest BCUT2D eigenvalue weighted by atomic mass is 9.86. The Labute approximate surface area is 159 Å². The van der Waals surface area contributed by atoms with E-state index in [0.717, 1.165) is 25.1 Å². The van der Waals surface area contributed by atoms with E-state index in [-0.39, 0.29) is 5.91 Å². The van der Waals surface area contributed by atoms with E-state index in [1.165, 1.54) is 4.31 Å². The van der Waals surface area contributed by atoms with Crippen LogP contribution < -0.4 is 0 Å². The summed E-state index contributed by atoms with van der Waals surface area (Å²) in [6, 6.07) is 8.83. The van der Waals surface area contributed by atoms with Crippen molar-refractivity contribution in [3.05, 3.63) is 48.3 Å². The smallest absolute Gasteiger partial charge is 0.250 e. The van der Waals surface area contributed by atoms with Crippen molar-refractivity contribution in [2.75, 3.05) is 26.2 Å². The Morgan fingerprint density at radius 2 is 1.78 bits per heavy atom. The quantitative estimate of drug-likeness (QED) is 0.797. The van der Waals surface area contributed by atoms with Crippen LogP contribution in [-0.2, 0) is 20.4 Å². The fourth-order valence-electron chi connectivity index (χ4n) is 3.96. The highest BCUT2D eigenvalue weighted by atomic mass is 32.2. The Balaban J connectivity index is 1.60. The topological polar surface area (TPSA) is 75.5 Å². The molecule has 1 aromatic heterocycles. The van der Waals surface area contributed by atoms with Crippen molar-refractivity contribution in [2.24, 2.45) is 0 Å². The van der Waals surface area contributed by atoms with Crippen molar-refractivity contribution in [3.8, 4) is 0 Å². The van der Waals surface area contributed by atoms with Crippen molar-refractivity contribution in [1.29, 1.82) is 0 Å². The predicted octanol–water partition coefficient (Wildman–Crippen LogP) is 1.60. The van der Waals surface area contributed by atoms with E-state index in [1.54, 1.807) is 36.0 Å². The lowest BCUT2D eigenvalue weighted by Crippen LogP contribution is -2.59. The maximum absolute atomic E-state index is 13.2. The van der Waals surface area contributed by atoms with E-state index in [2.05, 4.69) is 5.10 Å². The molecule has 0 saturated carbocycles. The van der Waals surface area contributed by atoms with Crippen molar-refractivity contribution >= 4 is 15.9 Å². The SMILES string of the molecule is Cc1ccccc1S(=O)(=O)N1CCC(C(=O)N2CCC2)(n2cccn2)CC1. The Morgan fingerprint density at radius 3 is 2.33 bits per heavy atom. The molecule has 4 rings (SSSR count). The van der Waals surface area contributed by atoms with E-state index in [9.17, 15) is 13.2 Å². The first kappa shape index (κ1) is 18.2. The fraction of sp³-hybridized carbons (Fsp3) is 0.474. The maximum Gasteiger partial charge on any atom is 0.250 e. The summed E-state index contributed by atoms with van der Waals surface area (Å²) >= 11 is 0. The molecule has 144 valence electrons. The van der Waals surface area contributed by atoms with Gasteiger partial charge in [-0.15, -0.1) is 0 Å². The zero-order valence-corrected chi connectivity index (χ0v) is 16.2. The number of aromatic nitrogens is 2. The molecule has 27 heavy (non-hydrogen) atoms. The minimum atomic E-state index is -3.57. The van der Waals surface area contributed by atoms with E-state index in [4.69, 9.17) is 0 Å². The van der Waals surface area contributed by atoms with Crippen molar-refractivity contribution in [1.82, 2.24) is 19.0 Å². The van der Waals surface area contributed by atoms with Crippen LogP contribution in [0.15, 0.2) is 47.6 Å². The summed E-state index contributed by atoms with van der Waals surface area (Å²) in [6.45, 7) is 3.95. The molecule has 8 heteroatoms. The Bertz CT molecular complexity index is 928. The summed E-state index contributed by atoms with van der Waals surface area (Å²) in [4.78, 5) is 15.4. The average molecular weight is 388 g/mol. The van der Waals surface area contributed by atoms with Gasteiger partial charge >= 0.3 is 0 Å². The molecule has 3 heterocycles. The standard InChI is InChI=1S/C19H24N4O3S/c1-16-6-2-3-7-17(16)27(25,26)22-14-8-19(9-15-22,23-13-4-10-20-23)18(24)21-11-5-12-21/h2-4,6-7,10,13H,5,8-9,11-12,14-15H2,1H3. The molecule has 7 nitrogen and oxygen atoms in total. The number of likely N-dealkylation sites (tertiary alicyclic amines) is 1. The molecule has 2 aromatic rings. The fourth-order valence-corrected chi connectivity index (χ4v) is 5.62. The molecule has 2 saturated heterocycles. The number of carbonyl (C=O) groups is 1. The number of aryl methyl sites for hydroxylation is 1. The lowest BCUT2D eigenvalue weighted by molar-refractivity contribution is -0.147. The largest absolute Gasteiger partial charge is 0.340 e. The molecule has 0 N–H and O–H groups in total. The number of sulfonamides is 1. The van der Waals surface area contributed by atoms with E-state index >= 15 is 0 Å². The second-order valence-electron chi connectivity index (χ2n) is 7.30. The summed E-state index contributed by atoms with van der Waals surface area (Å²) in [5.41, 5.74) is -0.0557. The Kier molecular flexibility index (Phi) is 4.55. The molecule has 2 aliphatic rings. The minimum absolute atomic E-state index is 0.0605. The maximum atomic E-state index is 13.2. The molecule has 2 aliphatic heterocycles. The highest BCUT2D eigenvalue weighted by Crippen LogP contribution is 2.35. The zero-order valence-electron chi connectivity index (χ0n) is 15.4. The normalized spacial score (nSPS) is 20.3. The molecular formula is C19H24N4O3S. The second-order valence-corrected chi connectivity index (χ2v) is 9.20. The highest BCUT2D eigenvalue weighted by Gasteiger charge is 2.48. The molecule has 0 unspecified atom stereocenters. The molecule has 0 aliphatic carbocycles. The van der Waals surface area contributed by atoms with Crippen molar-refractivity contribution in [2.45, 2.75) is 36.6 Å². The molecule has 1 amide bonds. The van der Waals surface area contributed by atoms with E-state index in [0.29, 0.717) is 30.8 Å². The van der Waals surface area contributed by atoms with Gasteiger partial charge < -0.3 is 4.90 Å². The van der Waals surface area contributed by atoms with Crippen LogP contribution in [-0.4, -0.2) is 59.5 Å². The van der Waals surface area contributed by atoms with Crippen LogP contribution in [0.5, 0.6) is 0 Å². The van der Waals surface area contributed by atoms with Crippen LogP contribution in [0.25, 0.3) is 0 Å². The second kappa shape index (κ2) is 6.76. The van der Waals surface area contributed by atoms with Crippen LogP contribution in [0.1, 0.15) is 24.8 Å². The number of hydrogen-bond acceptors (Lipinski definition) is 4. The summed E-state index contributed by atoms with van der Waals surface area (Å²) in [5.74, 6) is 0.0605. The summed E-state index contributed by atoms with van der Waals surface area (Å²) in [7, 11) is -3.57. The highest BCUT2D eigenvalue weighted by molar-refractivity contribution is 7.89. The molecule has 2 fully saturated rings.